The van der Waals surface area contributed by atoms with E-state index in [4.69, 9.17) is 4.99 Å². The summed E-state index contributed by atoms with van der Waals surface area (Å²) in [5.41, 5.74) is 3.89. The summed E-state index contributed by atoms with van der Waals surface area (Å²) >= 11 is 0. The van der Waals surface area contributed by atoms with Crippen LogP contribution in [-0.2, 0) is 16.1 Å². The lowest BCUT2D eigenvalue weighted by molar-refractivity contribution is -0.133. The summed E-state index contributed by atoms with van der Waals surface area (Å²) in [5.74, 6) is -0.774. The number of hydrogen-bond donors (Lipinski definition) is 2. The summed E-state index contributed by atoms with van der Waals surface area (Å²) in [6.07, 6.45) is 4.79. The van der Waals surface area contributed by atoms with Crippen LogP contribution >= 0.6 is 0 Å². The smallest absolute Gasteiger partial charge is 0.272 e. The number of benzodiazepines with no additional fused rings is 1. The minimum atomic E-state index is -1.13. The predicted octanol–water partition coefficient (Wildman–Crippen LogP) is 4.10. The number of aliphatic imine (C=N–C) groups is 1. The highest BCUT2D eigenvalue weighted by molar-refractivity contribution is 6.20. The first-order valence-corrected chi connectivity index (χ1v) is 13.0. The number of hydrogen-bond acceptors (Lipinski definition) is 5. The average molecular weight is 497 g/mol. The average Bonchev–Trinajstić information content (AvgIpc) is 3.78. The van der Waals surface area contributed by atoms with Crippen LogP contribution in [0.5, 0.6) is 0 Å². The Hall–Kier alpha value is -3.84. The van der Waals surface area contributed by atoms with Crippen molar-refractivity contribution in [1.29, 1.82) is 0 Å². The van der Waals surface area contributed by atoms with E-state index in [1.54, 1.807) is 17.3 Å². The van der Waals surface area contributed by atoms with Crippen LogP contribution in [0.2, 0.25) is 0 Å². The molecule has 1 fully saturated rings. The molecule has 0 spiro atoms. The summed E-state index contributed by atoms with van der Waals surface area (Å²) in [5, 5.41) is 13.5. The highest BCUT2D eigenvalue weighted by Crippen LogP contribution is 2.37. The Bertz CT molecular complexity index is 1270. The van der Waals surface area contributed by atoms with Crippen LogP contribution < -0.4 is 10.2 Å². The molecule has 0 radical (unpaired) electrons. The van der Waals surface area contributed by atoms with Crippen molar-refractivity contribution in [3.8, 4) is 0 Å². The minimum absolute atomic E-state index is 0.288. The monoisotopic (exact) mass is 496 g/mol. The van der Waals surface area contributed by atoms with Crippen LogP contribution in [0, 0.1) is 11.8 Å². The molecular formula is C30H32N4O3. The van der Waals surface area contributed by atoms with Crippen molar-refractivity contribution in [1.82, 2.24) is 10.3 Å². The third-order valence-corrected chi connectivity index (χ3v) is 7.10. The largest absolute Gasteiger partial charge is 0.392 e. The number of anilines is 1. The molecule has 1 aliphatic heterocycles. The van der Waals surface area contributed by atoms with Gasteiger partial charge in [0, 0.05) is 23.5 Å². The van der Waals surface area contributed by atoms with Crippen LogP contribution in [0.1, 0.15) is 49.3 Å². The van der Waals surface area contributed by atoms with E-state index in [1.807, 2.05) is 73.7 Å². The third-order valence-electron chi connectivity index (χ3n) is 7.10. The van der Waals surface area contributed by atoms with Gasteiger partial charge in [-0.05, 0) is 36.5 Å². The molecule has 3 aromatic rings. The number of nitrogens with one attached hydrogen (secondary N) is 1. The van der Waals surface area contributed by atoms with Crippen LogP contribution in [-0.4, -0.2) is 39.9 Å². The van der Waals surface area contributed by atoms with E-state index >= 15 is 0 Å². The first kappa shape index (κ1) is 24.8. The quantitative estimate of drug-likeness (QED) is 0.466. The van der Waals surface area contributed by atoms with Crippen molar-refractivity contribution in [3.05, 3.63) is 95.8 Å². The van der Waals surface area contributed by atoms with E-state index in [2.05, 4.69) is 10.3 Å². The van der Waals surface area contributed by atoms with Crippen molar-refractivity contribution in [2.45, 2.75) is 51.4 Å². The zero-order valence-corrected chi connectivity index (χ0v) is 21.0. The van der Waals surface area contributed by atoms with Gasteiger partial charge in [0.1, 0.15) is 0 Å². The second-order valence-electron chi connectivity index (χ2n) is 9.82. The summed E-state index contributed by atoms with van der Waals surface area (Å²) in [6.45, 7) is 2.16. The van der Waals surface area contributed by atoms with Gasteiger partial charge in [0.25, 0.3) is 5.91 Å². The van der Waals surface area contributed by atoms with Crippen LogP contribution in [0.15, 0.2) is 84.1 Å². The second-order valence-corrected chi connectivity index (χ2v) is 9.82. The molecule has 7 nitrogen and oxygen atoms in total. The first-order valence-electron chi connectivity index (χ1n) is 13.0. The number of benzene rings is 2. The van der Waals surface area contributed by atoms with Crippen molar-refractivity contribution in [2.75, 3.05) is 4.90 Å². The maximum absolute atomic E-state index is 14.0. The topological polar surface area (TPSA) is 94.9 Å². The molecule has 2 aliphatic rings. The number of para-hydroxylation sites is 1. The van der Waals surface area contributed by atoms with Gasteiger partial charge in [0.2, 0.25) is 12.1 Å². The van der Waals surface area contributed by atoms with Crippen LogP contribution in [0.25, 0.3) is 0 Å². The summed E-state index contributed by atoms with van der Waals surface area (Å²) in [7, 11) is 0. The fourth-order valence-corrected chi connectivity index (χ4v) is 4.86. The number of rotatable bonds is 9. The standard InChI is InChI=1S/C30H32N4O3/c1-2-26(35)24(17-20-14-15-20)29(36)33-28-30(37)34(19-21-9-8-16-31-18-21)25-13-7-6-12-23(25)27(32-28)22-10-4-3-5-11-22/h3-13,16,18,20,24,26,28,35H,2,14-15,17,19H2,1H3,(H,33,36)/t24-,26-,28?/m0/s1. The van der Waals surface area contributed by atoms with Gasteiger partial charge in [0.15, 0.2) is 0 Å². The van der Waals surface area contributed by atoms with Crippen molar-refractivity contribution in [3.63, 3.8) is 0 Å². The molecule has 5 rings (SSSR count). The molecular weight excluding hydrogens is 464 g/mol. The van der Waals surface area contributed by atoms with Gasteiger partial charge in [0.05, 0.1) is 30.0 Å². The minimum Gasteiger partial charge on any atom is -0.392 e. The maximum Gasteiger partial charge on any atom is 0.272 e. The predicted molar refractivity (Wildman–Crippen MR) is 143 cm³/mol. The Balaban J connectivity index is 1.55. The van der Waals surface area contributed by atoms with Crippen molar-refractivity contribution < 1.29 is 14.7 Å². The molecule has 190 valence electrons. The molecule has 3 atom stereocenters. The van der Waals surface area contributed by atoms with Gasteiger partial charge in [-0.15, -0.1) is 0 Å². The second kappa shape index (κ2) is 11.0. The van der Waals surface area contributed by atoms with Gasteiger partial charge in [-0.1, -0.05) is 74.4 Å². The molecule has 2 aromatic carbocycles. The number of fused-ring (bicyclic) bond motifs is 1. The fraction of sp³-hybridized carbons (Fsp3) is 0.333. The Labute approximate surface area is 217 Å². The van der Waals surface area contributed by atoms with Crippen molar-refractivity contribution in [2.24, 2.45) is 16.8 Å². The molecule has 1 saturated carbocycles. The molecule has 1 aliphatic carbocycles. The summed E-state index contributed by atoms with van der Waals surface area (Å²) in [6, 6.07) is 21.1. The number of pyridine rings is 1. The number of aliphatic hydroxyl groups excluding tert-OH is 1. The van der Waals surface area contributed by atoms with Gasteiger partial charge >= 0.3 is 0 Å². The maximum atomic E-state index is 14.0. The van der Waals surface area contributed by atoms with Gasteiger partial charge in [-0.25, -0.2) is 4.99 Å². The van der Waals surface area contributed by atoms with Gasteiger partial charge in [-0.2, -0.15) is 0 Å². The van der Waals surface area contributed by atoms with E-state index in [9.17, 15) is 14.7 Å². The van der Waals surface area contributed by atoms with E-state index in [1.165, 1.54) is 0 Å². The number of carbonyl (C=O) groups excluding carboxylic acids is 2. The SMILES string of the molecule is CC[C@H](O)[C@H](CC1CC1)C(=O)NC1N=C(c2ccccc2)c2ccccc2N(Cc2cccnc2)C1=O. The van der Waals surface area contributed by atoms with Crippen molar-refractivity contribution >= 4 is 23.2 Å². The molecule has 0 saturated heterocycles. The molecule has 7 heteroatoms. The zero-order chi connectivity index (χ0) is 25.8. The van der Waals surface area contributed by atoms with Gasteiger partial charge in [-0.3, -0.25) is 14.6 Å². The molecule has 2 N–H and O–H groups in total. The van der Waals surface area contributed by atoms with Crippen LogP contribution in [0.4, 0.5) is 5.69 Å². The highest BCUT2D eigenvalue weighted by Gasteiger charge is 2.37. The number of carbonyl (C=O) groups is 2. The molecule has 0 bridgehead atoms. The lowest BCUT2D eigenvalue weighted by atomic mass is 9.93. The third kappa shape index (κ3) is 5.62. The number of amides is 2. The van der Waals surface area contributed by atoms with Crippen LogP contribution in [0.3, 0.4) is 0 Å². The summed E-state index contributed by atoms with van der Waals surface area (Å²) in [4.78, 5) is 38.3. The molecule has 1 unspecified atom stereocenters. The molecule has 37 heavy (non-hydrogen) atoms. The lowest BCUT2D eigenvalue weighted by Crippen LogP contribution is -2.50. The Kier molecular flexibility index (Phi) is 7.42. The number of aliphatic hydroxyl groups is 1. The Morgan fingerprint density at radius 1 is 1.08 bits per heavy atom. The fourth-order valence-electron chi connectivity index (χ4n) is 4.86. The Morgan fingerprint density at radius 3 is 2.54 bits per heavy atom. The first-order chi connectivity index (χ1) is 18.0. The number of nitrogens with zero attached hydrogens (tertiary/aromatic N) is 3. The molecule has 2 amide bonds. The normalized spacial score (nSPS) is 18.9. The van der Waals surface area contributed by atoms with E-state index in [-0.39, 0.29) is 18.4 Å². The zero-order valence-electron chi connectivity index (χ0n) is 21.0. The molecule has 1 aromatic heterocycles. The Morgan fingerprint density at radius 2 is 1.84 bits per heavy atom. The molecule has 2 heterocycles. The lowest BCUT2D eigenvalue weighted by Gasteiger charge is -2.27. The number of aromatic nitrogens is 1. The van der Waals surface area contributed by atoms with E-state index in [0.717, 1.165) is 35.2 Å². The summed E-state index contributed by atoms with van der Waals surface area (Å²) < 4.78 is 0. The van der Waals surface area contributed by atoms with E-state index in [0.29, 0.717) is 24.5 Å². The highest BCUT2D eigenvalue weighted by atomic mass is 16.3. The van der Waals surface area contributed by atoms with E-state index < -0.39 is 18.2 Å². The van der Waals surface area contributed by atoms with Gasteiger partial charge < -0.3 is 15.3 Å².